The van der Waals surface area contributed by atoms with Crippen LogP contribution in [0.1, 0.15) is 11.1 Å². The van der Waals surface area contributed by atoms with Crippen LogP contribution in [0.25, 0.3) is 55.6 Å². The van der Waals surface area contributed by atoms with Crippen molar-refractivity contribution in [3.63, 3.8) is 0 Å². The summed E-state index contributed by atoms with van der Waals surface area (Å²) in [4.78, 5) is 12.6. The zero-order chi connectivity index (χ0) is 25.3. The normalized spacial score (nSPS) is 11.5. The lowest BCUT2D eigenvalue weighted by atomic mass is 10.0. The first-order valence-corrected chi connectivity index (χ1v) is 13.4. The molecule has 7 rings (SSSR count). The van der Waals surface area contributed by atoms with E-state index in [0.717, 1.165) is 63.1 Å². The summed E-state index contributed by atoms with van der Waals surface area (Å²) in [7, 11) is 0. The minimum atomic E-state index is 0.753. The maximum atomic E-state index is 4.67. The summed E-state index contributed by atoms with van der Waals surface area (Å²) < 4.78 is 0. The quantitative estimate of drug-likeness (QED) is 0.211. The van der Waals surface area contributed by atoms with Crippen LogP contribution in [0.5, 0.6) is 0 Å². The average molecular weight is 513 g/mol. The van der Waals surface area contributed by atoms with E-state index in [1.807, 2.05) is 24.7 Å². The van der Waals surface area contributed by atoms with Crippen molar-refractivity contribution in [1.29, 1.82) is 0 Å². The van der Waals surface area contributed by atoms with Crippen molar-refractivity contribution in [2.45, 2.75) is 13.1 Å². The Morgan fingerprint density at radius 2 is 1.71 bits per heavy atom. The molecular weight excluding hydrogens is 488 g/mol. The van der Waals surface area contributed by atoms with E-state index in [9.17, 15) is 0 Å². The summed E-state index contributed by atoms with van der Waals surface area (Å²) >= 11 is 1.70. The molecular formula is C31H24N6S. The lowest BCUT2D eigenvalue weighted by Gasteiger charge is -2.08. The van der Waals surface area contributed by atoms with Gasteiger partial charge in [0.15, 0.2) is 0 Å². The van der Waals surface area contributed by atoms with Crippen LogP contribution in [-0.4, -0.2) is 25.1 Å². The van der Waals surface area contributed by atoms with Gasteiger partial charge in [0.05, 0.1) is 11.2 Å². The summed E-state index contributed by atoms with van der Waals surface area (Å²) in [6.07, 6.45) is 5.69. The van der Waals surface area contributed by atoms with E-state index < -0.39 is 0 Å². The van der Waals surface area contributed by atoms with Crippen molar-refractivity contribution in [3.8, 4) is 33.6 Å². The molecule has 0 aliphatic heterocycles. The highest BCUT2D eigenvalue weighted by molar-refractivity contribution is 7.08. The smallest absolute Gasteiger partial charge is 0.138 e. The molecule has 0 atom stereocenters. The first-order chi connectivity index (χ1) is 18.8. The number of H-pyrrole nitrogens is 2. The Bertz CT molecular complexity index is 1850. The summed E-state index contributed by atoms with van der Waals surface area (Å²) in [5.74, 6) is 0. The molecule has 0 amide bonds. The van der Waals surface area contributed by atoms with Gasteiger partial charge in [0.2, 0.25) is 0 Å². The Morgan fingerprint density at radius 1 is 0.789 bits per heavy atom. The molecule has 0 aliphatic rings. The van der Waals surface area contributed by atoms with E-state index in [-0.39, 0.29) is 0 Å². The van der Waals surface area contributed by atoms with Gasteiger partial charge in [0, 0.05) is 48.0 Å². The van der Waals surface area contributed by atoms with Crippen LogP contribution in [0.4, 0.5) is 0 Å². The predicted molar refractivity (Wildman–Crippen MR) is 155 cm³/mol. The fourth-order valence-electron chi connectivity index (χ4n) is 4.91. The predicted octanol–water partition coefficient (Wildman–Crippen LogP) is 7.19. The molecule has 0 saturated carbocycles. The first kappa shape index (κ1) is 22.6. The number of nitrogens with zero attached hydrogens (tertiary/aromatic N) is 3. The Morgan fingerprint density at radius 3 is 2.61 bits per heavy atom. The molecule has 3 N–H and O–H groups in total. The molecule has 0 saturated heterocycles. The van der Waals surface area contributed by atoms with E-state index in [0.29, 0.717) is 0 Å². The highest BCUT2D eigenvalue weighted by Crippen LogP contribution is 2.35. The standard InChI is InChI=1S/C31H24N6S/c1-2-4-20(5-3-1)15-32-16-21-12-24(18-33-17-21)22-6-7-28-27(13-22)30(37-36-28)29-14-26-25(23-9-11-38-19-23)8-10-34-31(26)35-29/h1-14,17-19,32H,15-16H2,(H,34,35)(H,36,37). The van der Waals surface area contributed by atoms with E-state index in [2.05, 4.69) is 108 Å². The molecule has 0 unspecified atom stereocenters. The maximum absolute atomic E-state index is 4.67. The lowest BCUT2D eigenvalue weighted by molar-refractivity contribution is 0.691. The van der Waals surface area contributed by atoms with Crippen LogP contribution in [-0.2, 0) is 13.1 Å². The van der Waals surface area contributed by atoms with Crippen LogP contribution >= 0.6 is 11.3 Å². The number of fused-ring (bicyclic) bond motifs is 2. The molecule has 0 bridgehead atoms. The first-order valence-electron chi connectivity index (χ1n) is 12.5. The second kappa shape index (κ2) is 9.70. The summed E-state index contributed by atoms with van der Waals surface area (Å²) in [6, 6.07) is 25.4. The molecule has 184 valence electrons. The van der Waals surface area contributed by atoms with Crippen LogP contribution in [0.3, 0.4) is 0 Å². The van der Waals surface area contributed by atoms with E-state index in [4.69, 9.17) is 0 Å². The average Bonchev–Trinajstić information content (AvgIpc) is 3.73. The van der Waals surface area contributed by atoms with Gasteiger partial charge in [-0.25, -0.2) is 4.98 Å². The van der Waals surface area contributed by atoms with Crippen LogP contribution < -0.4 is 5.32 Å². The highest BCUT2D eigenvalue weighted by atomic mass is 32.1. The Kier molecular flexibility index (Phi) is 5.77. The topological polar surface area (TPSA) is 82.3 Å². The van der Waals surface area contributed by atoms with Crippen LogP contribution in [0, 0.1) is 0 Å². The number of pyridine rings is 2. The number of hydrogen-bond donors (Lipinski definition) is 3. The number of thiophene rings is 1. The zero-order valence-electron chi connectivity index (χ0n) is 20.5. The van der Waals surface area contributed by atoms with Crippen molar-refractivity contribution < 1.29 is 0 Å². The molecule has 0 radical (unpaired) electrons. The number of benzene rings is 2. The fourth-order valence-corrected chi connectivity index (χ4v) is 5.57. The van der Waals surface area contributed by atoms with Gasteiger partial charge in [-0.05, 0) is 75.0 Å². The largest absolute Gasteiger partial charge is 0.338 e. The molecule has 6 nitrogen and oxygen atoms in total. The van der Waals surface area contributed by atoms with E-state index >= 15 is 0 Å². The van der Waals surface area contributed by atoms with E-state index in [1.165, 1.54) is 16.7 Å². The monoisotopic (exact) mass is 512 g/mol. The van der Waals surface area contributed by atoms with Gasteiger partial charge in [0.1, 0.15) is 11.3 Å². The molecule has 7 aromatic rings. The van der Waals surface area contributed by atoms with Gasteiger partial charge >= 0.3 is 0 Å². The number of rotatable bonds is 7. The molecule has 5 heterocycles. The summed E-state index contributed by atoms with van der Waals surface area (Å²) in [5, 5.41) is 17.8. The van der Waals surface area contributed by atoms with Crippen molar-refractivity contribution >= 4 is 33.3 Å². The molecule has 0 spiro atoms. The van der Waals surface area contributed by atoms with Gasteiger partial charge in [-0.2, -0.15) is 16.4 Å². The SMILES string of the molecule is c1ccc(CNCc2cncc(-c3ccc4[nH]nc(-c5cc6c(-c7ccsc7)ccnc6[nH]5)c4c3)c2)cc1. The van der Waals surface area contributed by atoms with Crippen molar-refractivity contribution in [3.05, 3.63) is 113 Å². The Labute approximate surface area is 223 Å². The van der Waals surface area contributed by atoms with Crippen molar-refractivity contribution in [1.82, 2.24) is 30.5 Å². The molecule has 0 aliphatic carbocycles. The highest BCUT2D eigenvalue weighted by Gasteiger charge is 2.15. The van der Waals surface area contributed by atoms with E-state index in [1.54, 1.807) is 11.3 Å². The van der Waals surface area contributed by atoms with Gasteiger partial charge in [0.25, 0.3) is 0 Å². The number of aromatic amines is 2. The third-order valence-electron chi connectivity index (χ3n) is 6.81. The molecule has 2 aromatic carbocycles. The molecule has 38 heavy (non-hydrogen) atoms. The Hall–Kier alpha value is -4.59. The summed E-state index contributed by atoms with van der Waals surface area (Å²) in [5.41, 5.74) is 10.6. The van der Waals surface area contributed by atoms with Crippen molar-refractivity contribution in [2.75, 3.05) is 0 Å². The zero-order valence-corrected chi connectivity index (χ0v) is 21.3. The molecule has 0 fully saturated rings. The van der Waals surface area contributed by atoms with Crippen LogP contribution in [0.15, 0.2) is 102 Å². The minimum Gasteiger partial charge on any atom is -0.338 e. The molecule has 7 heteroatoms. The lowest BCUT2D eigenvalue weighted by Crippen LogP contribution is -2.12. The third kappa shape index (κ3) is 4.28. The number of nitrogens with one attached hydrogen (secondary N) is 3. The van der Waals surface area contributed by atoms with Crippen LogP contribution in [0.2, 0.25) is 0 Å². The minimum absolute atomic E-state index is 0.753. The summed E-state index contributed by atoms with van der Waals surface area (Å²) in [6.45, 7) is 1.58. The fraction of sp³-hybridized carbons (Fsp3) is 0.0645. The second-order valence-electron chi connectivity index (χ2n) is 9.32. The van der Waals surface area contributed by atoms with Gasteiger partial charge in [-0.1, -0.05) is 36.4 Å². The molecule has 5 aromatic heterocycles. The maximum Gasteiger partial charge on any atom is 0.138 e. The number of aromatic nitrogens is 5. The van der Waals surface area contributed by atoms with Crippen molar-refractivity contribution in [2.24, 2.45) is 0 Å². The second-order valence-corrected chi connectivity index (χ2v) is 10.1. The van der Waals surface area contributed by atoms with Gasteiger partial charge in [-0.3, -0.25) is 10.1 Å². The number of hydrogen-bond acceptors (Lipinski definition) is 5. The van der Waals surface area contributed by atoms with Gasteiger partial charge < -0.3 is 10.3 Å². The third-order valence-corrected chi connectivity index (χ3v) is 7.49. The van der Waals surface area contributed by atoms with Gasteiger partial charge in [-0.15, -0.1) is 0 Å². The Balaban J connectivity index is 1.20.